The summed E-state index contributed by atoms with van der Waals surface area (Å²) in [7, 11) is 0. The largest absolute Gasteiger partial charge is 0.395 e. The Morgan fingerprint density at radius 1 is 1.50 bits per heavy atom. The number of unbranched alkanes of at least 4 members (excludes halogenated alkanes) is 1. The number of rotatable bonds is 7. The lowest BCUT2D eigenvalue weighted by molar-refractivity contribution is 0.176. The smallest absolute Gasteiger partial charge is 0.317 e. The highest BCUT2D eigenvalue weighted by Gasteiger charge is 2.11. The molecule has 0 aliphatic carbocycles. The Labute approximate surface area is 108 Å². The molecule has 2 amide bonds. The van der Waals surface area contributed by atoms with Gasteiger partial charge in [0.1, 0.15) is 0 Å². The number of hydrogen-bond acceptors (Lipinski definition) is 3. The van der Waals surface area contributed by atoms with E-state index in [-0.39, 0.29) is 12.6 Å². The number of urea groups is 1. The summed E-state index contributed by atoms with van der Waals surface area (Å²) >= 11 is 0. The van der Waals surface area contributed by atoms with Gasteiger partial charge in [0.15, 0.2) is 0 Å². The van der Waals surface area contributed by atoms with Crippen LogP contribution in [0.15, 0.2) is 24.5 Å². The molecular formula is C13H21N3O2. The first-order valence-electron chi connectivity index (χ1n) is 6.30. The highest BCUT2D eigenvalue weighted by molar-refractivity contribution is 5.74. The first-order valence-corrected chi connectivity index (χ1v) is 6.30. The van der Waals surface area contributed by atoms with Crippen LogP contribution in [0.25, 0.3) is 0 Å². The molecule has 0 saturated carbocycles. The minimum Gasteiger partial charge on any atom is -0.395 e. The molecule has 1 aromatic heterocycles. The van der Waals surface area contributed by atoms with Crippen molar-refractivity contribution < 1.29 is 9.90 Å². The van der Waals surface area contributed by atoms with Gasteiger partial charge < -0.3 is 15.3 Å². The van der Waals surface area contributed by atoms with Crippen molar-refractivity contribution >= 4 is 6.03 Å². The quantitative estimate of drug-likeness (QED) is 0.769. The first kappa shape index (κ1) is 14.4. The molecule has 1 aromatic rings. The van der Waals surface area contributed by atoms with Crippen molar-refractivity contribution in [2.45, 2.75) is 26.3 Å². The van der Waals surface area contributed by atoms with Crippen LogP contribution in [0.4, 0.5) is 4.79 Å². The average Bonchev–Trinajstić information content (AvgIpc) is 2.42. The van der Waals surface area contributed by atoms with Gasteiger partial charge in [-0.15, -0.1) is 0 Å². The second kappa shape index (κ2) is 8.47. The molecule has 0 radical (unpaired) electrons. The zero-order valence-corrected chi connectivity index (χ0v) is 10.8. The molecule has 0 spiro atoms. The van der Waals surface area contributed by atoms with Crippen LogP contribution in [-0.4, -0.2) is 40.7 Å². The molecule has 1 rings (SSSR count). The molecule has 0 unspecified atom stereocenters. The maximum atomic E-state index is 11.9. The van der Waals surface area contributed by atoms with E-state index in [4.69, 9.17) is 5.11 Å². The van der Waals surface area contributed by atoms with Gasteiger partial charge in [0.25, 0.3) is 0 Å². The van der Waals surface area contributed by atoms with E-state index >= 15 is 0 Å². The number of amides is 2. The topological polar surface area (TPSA) is 65.5 Å². The third kappa shape index (κ3) is 5.14. The van der Waals surface area contributed by atoms with Crippen LogP contribution in [0.5, 0.6) is 0 Å². The Morgan fingerprint density at radius 3 is 2.94 bits per heavy atom. The number of nitrogens with zero attached hydrogens (tertiary/aromatic N) is 2. The standard InChI is InChI=1S/C13H21N3O2/c1-2-3-7-16(8-9-17)13(18)15-11-12-5-4-6-14-10-12/h4-6,10,17H,2-3,7-9,11H2,1H3,(H,15,18). The van der Waals surface area contributed by atoms with Crippen molar-refractivity contribution in [1.82, 2.24) is 15.2 Å². The zero-order valence-electron chi connectivity index (χ0n) is 10.8. The van der Waals surface area contributed by atoms with Crippen molar-refractivity contribution in [2.75, 3.05) is 19.7 Å². The van der Waals surface area contributed by atoms with Crippen LogP contribution in [-0.2, 0) is 6.54 Å². The molecule has 100 valence electrons. The van der Waals surface area contributed by atoms with Crippen LogP contribution in [0, 0.1) is 0 Å². The van der Waals surface area contributed by atoms with Gasteiger partial charge in [0.05, 0.1) is 6.61 Å². The summed E-state index contributed by atoms with van der Waals surface area (Å²) in [5.41, 5.74) is 0.963. The Morgan fingerprint density at radius 2 is 2.33 bits per heavy atom. The maximum absolute atomic E-state index is 11.9. The van der Waals surface area contributed by atoms with Gasteiger partial charge in [0, 0.05) is 32.0 Å². The third-order valence-electron chi connectivity index (χ3n) is 2.61. The number of aliphatic hydroxyl groups excluding tert-OH is 1. The van der Waals surface area contributed by atoms with E-state index in [2.05, 4.69) is 17.2 Å². The highest BCUT2D eigenvalue weighted by Crippen LogP contribution is 1.98. The number of hydrogen-bond donors (Lipinski definition) is 2. The van der Waals surface area contributed by atoms with Crippen LogP contribution >= 0.6 is 0 Å². The fourth-order valence-corrected chi connectivity index (χ4v) is 1.58. The van der Waals surface area contributed by atoms with Crippen molar-refractivity contribution in [3.05, 3.63) is 30.1 Å². The van der Waals surface area contributed by atoms with Crippen LogP contribution in [0.2, 0.25) is 0 Å². The normalized spacial score (nSPS) is 10.1. The fraction of sp³-hybridized carbons (Fsp3) is 0.538. The number of aliphatic hydroxyl groups is 1. The molecule has 0 atom stereocenters. The van der Waals surface area contributed by atoms with Crippen LogP contribution in [0.3, 0.4) is 0 Å². The number of aromatic nitrogens is 1. The summed E-state index contributed by atoms with van der Waals surface area (Å²) in [6.45, 7) is 3.57. The fourth-order valence-electron chi connectivity index (χ4n) is 1.58. The minimum absolute atomic E-state index is 0.00989. The molecule has 1 heterocycles. The molecule has 0 aliphatic rings. The van der Waals surface area contributed by atoms with Gasteiger partial charge in [-0.05, 0) is 18.1 Å². The van der Waals surface area contributed by atoms with Crippen LogP contribution < -0.4 is 5.32 Å². The average molecular weight is 251 g/mol. The molecule has 18 heavy (non-hydrogen) atoms. The minimum atomic E-state index is -0.138. The molecule has 0 bridgehead atoms. The van der Waals surface area contributed by atoms with E-state index in [0.29, 0.717) is 19.6 Å². The Kier molecular flexibility index (Phi) is 6.79. The molecule has 0 saturated heterocycles. The van der Waals surface area contributed by atoms with Gasteiger partial charge in [-0.2, -0.15) is 0 Å². The van der Waals surface area contributed by atoms with E-state index in [1.165, 1.54) is 0 Å². The summed E-state index contributed by atoms with van der Waals surface area (Å²) in [5.74, 6) is 0. The number of carbonyl (C=O) groups excluding carboxylic acids is 1. The SMILES string of the molecule is CCCCN(CCO)C(=O)NCc1cccnc1. The van der Waals surface area contributed by atoms with Crippen molar-refractivity contribution in [3.8, 4) is 0 Å². The summed E-state index contributed by atoms with van der Waals surface area (Å²) in [4.78, 5) is 17.5. The first-order chi connectivity index (χ1) is 8.77. The highest BCUT2D eigenvalue weighted by atomic mass is 16.3. The predicted octanol–water partition coefficient (Wildman–Crippen LogP) is 1.39. The summed E-state index contributed by atoms with van der Waals surface area (Å²) in [5, 5.41) is 11.8. The van der Waals surface area contributed by atoms with Gasteiger partial charge in [-0.3, -0.25) is 4.98 Å². The predicted molar refractivity (Wildman–Crippen MR) is 70.0 cm³/mol. The van der Waals surface area contributed by atoms with E-state index in [1.807, 2.05) is 12.1 Å². The second-order valence-electron chi connectivity index (χ2n) is 4.08. The molecule has 0 aliphatic heterocycles. The van der Waals surface area contributed by atoms with Crippen molar-refractivity contribution in [2.24, 2.45) is 0 Å². The molecule has 5 nitrogen and oxygen atoms in total. The van der Waals surface area contributed by atoms with Gasteiger partial charge >= 0.3 is 6.03 Å². The van der Waals surface area contributed by atoms with E-state index in [0.717, 1.165) is 18.4 Å². The number of pyridine rings is 1. The molecule has 2 N–H and O–H groups in total. The van der Waals surface area contributed by atoms with Gasteiger partial charge in [-0.1, -0.05) is 19.4 Å². The summed E-state index contributed by atoms with van der Waals surface area (Å²) < 4.78 is 0. The van der Waals surface area contributed by atoms with E-state index < -0.39 is 0 Å². The lowest BCUT2D eigenvalue weighted by atomic mass is 10.3. The molecular weight excluding hydrogens is 230 g/mol. The van der Waals surface area contributed by atoms with Gasteiger partial charge in [0.2, 0.25) is 0 Å². The summed E-state index contributed by atoms with van der Waals surface area (Å²) in [6, 6.07) is 3.61. The Balaban J connectivity index is 2.40. The monoisotopic (exact) mass is 251 g/mol. The summed E-state index contributed by atoms with van der Waals surface area (Å²) in [6.07, 6.45) is 5.39. The maximum Gasteiger partial charge on any atom is 0.317 e. The van der Waals surface area contributed by atoms with Crippen LogP contribution in [0.1, 0.15) is 25.3 Å². The van der Waals surface area contributed by atoms with E-state index in [9.17, 15) is 4.79 Å². The Bertz CT molecular complexity index is 343. The third-order valence-corrected chi connectivity index (χ3v) is 2.61. The zero-order chi connectivity index (χ0) is 13.2. The number of nitrogens with one attached hydrogen (secondary N) is 1. The molecule has 0 aromatic carbocycles. The van der Waals surface area contributed by atoms with Crippen molar-refractivity contribution in [1.29, 1.82) is 0 Å². The second-order valence-corrected chi connectivity index (χ2v) is 4.08. The lowest BCUT2D eigenvalue weighted by Gasteiger charge is -2.21. The molecule has 5 heteroatoms. The lowest BCUT2D eigenvalue weighted by Crippen LogP contribution is -2.41. The van der Waals surface area contributed by atoms with Gasteiger partial charge in [-0.25, -0.2) is 4.79 Å². The number of carbonyl (C=O) groups is 1. The molecule has 0 fully saturated rings. The van der Waals surface area contributed by atoms with Crippen molar-refractivity contribution in [3.63, 3.8) is 0 Å². The Hall–Kier alpha value is -1.62. The van der Waals surface area contributed by atoms with E-state index in [1.54, 1.807) is 17.3 Å².